The van der Waals surface area contributed by atoms with E-state index in [9.17, 15) is 4.79 Å². The van der Waals surface area contributed by atoms with E-state index in [2.05, 4.69) is 4.98 Å². The predicted octanol–water partition coefficient (Wildman–Crippen LogP) is 2.85. The lowest BCUT2D eigenvalue weighted by Crippen LogP contribution is -2.19. The second-order valence-electron chi connectivity index (χ2n) is 5.03. The van der Waals surface area contributed by atoms with Crippen molar-refractivity contribution in [2.24, 2.45) is 7.05 Å². The molecule has 21 heavy (non-hydrogen) atoms. The maximum Gasteiger partial charge on any atom is 0.277 e. The molecule has 102 valence electrons. The molecule has 4 nitrogen and oxygen atoms in total. The minimum Gasteiger partial charge on any atom is -0.308 e. The lowest BCUT2D eigenvalue weighted by Gasteiger charge is -2.08. The van der Waals surface area contributed by atoms with Gasteiger partial charge in [0.15, 0.2) is 0 Å². The van der Waals surface area contributed by atoms with Crippen LogP contribution in [0.5, 0.6) is 0 Å². The molecule has 0 aliphatic heterocycles. The lowest BCUT2D eigenvalue weighted by molar-refractivity contribution is 0.900. The van der Waals surface area contributed by atoms with Gasteiger partial charge >= 0.3 is 0 Å². The third-order valence-electron chi connectivity index (χ3n) is 3.82. The summed E-state index contributed by atoms with van der Waals surface area (Å²) in [6, 6.07) is 17.6. The summed E-state index contributed by atoms with van der Waals surface area (Å²) in [5, 5.41) is 0. The largest absolute Gasteiger partial charge is 0.308 e. The first-order valence-electron chi connectivity index (χ1n) is 6.77. The Morgan fingerprint density at radius 2 is 1.57 bits per heavy atom. The molecular formula is C17H13N3O. The van der Waals surface area contributed by atoms with Gasteiger partial charge in [-0.25, -0.2) is 4.98 Å². The Bertz CT molecular complexity index is 1010. The average Bonchev–Trinajstić information content (AvgIpc) is 2.99. The Labute approximate surface area is 120 Å². The smallest absolute Gasteiger partial charge is 0.277 e. The Balaban J connectivity index is 2.21. The van der Waals surface area contributed by atoms with Crippen LogP contribution in [0.3, 0.4) is 0 Å². The van der Waals surface area contributed by atoms with Crippen LogP contribution in [0, 0.1) is 0 Å². The van der Waals surface area contributed by atoms with E-state index < -0.39 is 0 Å². The van der Waals surface area contributed by atoms with Gasteiger partial charge in [-0.2, -0.15) is 0 Å². The van der Waals surface area contributed by atoms with E-state index in [1.807, 2.05) is 59.0 Å². The molecule has 0 bridgehead atoms. The van der Waals surface area contributed by atoms with Crippen molar-refractivity contribution >= 4 is 16.6 Å². The van der Waals surface area contributed by atoms with Gasteiger partial charge in [-0.05, 0) is 12.1 Å². The highest BCUT2D eigenvalue weighted by atomic mass is 16.1. The van der Waals surface area contributed by atoms with E-state index in [0.29, 0.717) is 5.52 Å². The second kappa shape index (κ2) is 4.31. The average molecular weight is 275 g/mol. The molecular weight excluding hydrogens is 262 g/mol. The number of aryl methyl sites for hydroxylation is 1. The molecule has 0 fully saturated rings. The van der Waals surface area contributed by atoms with Crippen LogP contribution in [-0.4, -0.2) is 14.0 Å². The summed E-state index contributed by atoms with van der Waals surface area (Å²) in [6.45, 7) is 0. The summed E-state index contributed by atoms with van der Waals surface area (Å²) >= 11 is 0. The standard InChI is InChI=1S/C17H13N3O/c1-19-13-9-5-6-10-14(13)20-11-18-15(16(20)17(19)21)12-7-3-2-4-8-12/h2-11H,1H3. The molecule has 0 aliphatic rings. The molecule has 0 atom stereocenters. The number of rotatable bonds is 1. The number of nitrogens with zero attached hydrogens (tertiary/aromatic N) is 3. The van der Waals surface area contributed by atoms with Gasteiger partial charge in [0.1, 0.15) is 17.5 Å². The van der Waals surface area contributed by atoms with Gasteiger partial charge in [-0.3, -0.25) is 9.20 Å². The van der Waals surface area contributed by atoms with Gasteiger partial charge < -0.3 is 4.57 Å². The highest BCUT2D eigenvalue weighted by Crippen LogP contribution is 2.23. The minimum atomic E-state index is -0.0370. The van der Waals surface area contributed by atoms with Gasteiger partial charge in [-0.1, -0.05) is 42.5 Å². The summed E-state index contributed by atoms with van der Waals surface area (Å²) in [5.41, 5.74) is 4.12. The maximum absolute atomic E-state index is 12.7. The van der Waals surface area contributed by atoms with Crippen LogP contribution in [0.4, 0.5) is 0 Å². The monoisotopic (exact) mass is 275 g/mol. The molecule has 0 saturated carbocycles. The summed E-state index contributed by atoms with van der Waals surface area (Å²) in [7, 11) is 1.80. The van der Waals surface area contributed by atoms with Crippen LogP contribution < -0.4 is 5.56 Å². The van der Waals surface area contributed by atoms with Crippen molar-refractivity contribution < 1.29 is 0 Å². The van der Waals surface area contributed by atoms with Crippen molar-refractivity contribution in [1.82, 2.24) is 14.0 Å². The number of para-hydroxylation sites is 2. The summed E-state index contributed by atoms with van der Waals surface area (Å²) in [6.07, 6.45) is 1.72. The SMILES string of the molecule is Cn1c(=O)c2c(-c3ccccc3)ncn2c2ccccc21. The zero-order valence-corrected chi connectivity index (χ0v) is 11.5. The third-order valence-corrected chi connectivity index (χ3v) is 3.82. The normalized spacial score (nSPS) is 11.3. The number of imidazole rings is 1. The van der Waals surface area contributed by atoms with Crippen molar-refractivity contribution in [2.45, 2.75) is 0 Å². The predicted molar refractivity (Wildman–Crippen MR) is 83.4 cm³/mol. The number of hydrogen-bond donors (Lipinski definition) is 0. The zero-order chi connectivity index (χ0) is 14.4. The van der Waals surface area contributed by atoms with Crippen LogP contribution in [0.25, 0.3) is 27.8 Å². The van der Waals surface area contributed by atoms with E-state index >= 15 is 0 Å². The Kier molecular flexibility index (Phi) is 2.44. The molecule has 0 unspecified atom stereocenters. The number of fused-ring (bicyclic) bond motifs is 3. The van der Waals surface area contributed by atoms with Crippen LogP contribution in [0.2, 0.25) is 0 Å². The van der Waals surface area contributed by atoms with E-state index in [1.54, 1.807) is 17.9 Å². The highest BCUT2D eigenvalue weighted by molar-refractivity contribution is 5.84. The van der Waals surface area contributed by atoms with E-state index in [0.717, 1.165) is 22.3 Å². The molecule has 2 heterocycles. The first-order chi connectivity index (χ1) is 10.3. The van der Waals surface area contributed by atoms with Crippen molar-refractivity contribution in [3.8, 4) is 11.3 Å². The van der Waals surface area contributed by atoms with Crippen LogP contribution in [0.1, 0.15) is 0 Å². The summed E-state index contributed by atoms with van der Waals surface area (Å²) in [4.78, 5) is 17.2. The van der Waals surface area contributed by atoms with Crippen molar-refractivity contribution in [2.75, 3.05) is 0 Å². The van der Waals surface area contributed by atoms with Gasteiger partial charge in [0.25, 0.3) is 5.56 Å². The first-order valence-corrected chi connectivity index (χ1v) is 6.77. The molecule has 0 aliphatic carbocycles. The maximum atomic E-state index is 12.7. The van der Waals surface area contributed by atoms with Crippen molar-refractivity contribution in [3.63, 3.8) is 0 Å². The molecule has 4 heteroatoms. The topological polar surface area (TPSA) is 39.3 Å². The molecule has 0 radical (unpaired) electrons. The molecule has 2 aromatic carbocycles. The highest BCUT2D eigenvalue weighted by Gasteiger charge is 2.14. The Morgan fingerprint density at radius 3 is 2.33 bits per heavy atom. The summed E-state index contributed by atoms with van der Waals surface area (Å²) in [5.74, 6) is 0. The number of aromatic nitrogens is 3. The molecule has 0 spiro atoms. The molecule has 4 rings (SSSR count). The first kappa shape index (κ1) is 11.9. The Morgan fingerprint density at radius 1 is 0.905 bits per heavy atom. The van der Waals surface area contributed by atoms with E-state index in [1.165, 1.54) is 0 Å². The second-order valence-corrected chi connectivity index (χ2v) is 5.03. The minimum absolute atomic E-state index is 0.0370. The lowest BCUT2D eigenvalue weighted by atomic mass is 10.1. The van der Waals surface area contributed by atoms with Gasteiger partial charge in [0.2, 0.25) is 0 Å². The van der Waals surface area contributed by atoms with E-state index in [-0.39, 0.29) is 5.56 Å². The van der Waals surface area contributed by atoms with Gasteiger partial charge in [0, 0.05) is 12.6 Å². The Hall–Kier alpha value is -2.88. The third kappa shape index (κ3) is 1.62. The molecule has 0 N–H and O–H groups in total. The van der Waals surface area contributed by atoms with Gasteiger partial charge in [-0.15, -0.1) is 0 Å². The number of benzene rings is 2. The molecule has 2 aromatic heterocycles. The molecule has 4 aromatic rings. The van der Waals surface area contributed by atoms with Crippen LogP contribution >= 0.6 is 0 Å². The van der Waals surface area contributed by atoms with Crippen molar-refractivity contribution in [1.29, 1.82) is 0 Å². The van der Waals surface area contributed by atoms with Crippen molar-refractivity contribution in [3.05, 3.63) is 71.3 Å². The number of hydrogen-bond acceptors (Lipinski definition) is 2. The summed E-state index contributed by atoms with van der Waals surface area (Å²) < 4.78 is 3.55. The zero-order valence-electron chi connectivity index (χ0n) is 11.5. The quantitative estimate of drug-likeness (QED) is 0.536. The van der Waals surface area contributed by atoms with Crippen LogP contribution in [0.15, 0.2) is 65.7 Å². The van der Waals surface area contributed by atoms with Gasteiger partial charge in [0.05, 0.1) is 11.0 Å². The molecule has 0 amide bonds. The fourth-order valence-electron chi connectivity index (χ4n) is 2.76. The fourth-order valence-corrected chi connectivity index (χ4v) is 2.76. The fraction of sp³-hybridized carbons (Fsp3) is 0.0588. The van der Waals surface area contributed by atoms with Crippen LogP contribution in [-0.2, 0) is 7.05 Å². The van der Waals surface area contributed by atoms with E-state index in [4.69, 9.17) is 0 Å². The molecule has 0 saturated heterocycles.